The molecular formula is C8H9N5O3S2. The smallest absolute Gasteiger partial charge is 0.282 e. The number of aromatic nitrogens is 2. The van der Waals surface area contributed by atoms with Gasteiger partial charge in [-0.3, -0.25) is 4.79 Å². The van der Waals surface area contributed by atoms with E-state index in [1.165, 1.54) is 12.1 Å². The highest BCUT2D eigenvalue weighted by molar-refractivity contribution is 7.89. The van der Waals surface area contributed by atoms with Gasteiger partial charge in [0.25, 0.3) is 15.9 Å². The Kier molecular flexibility index (Phi) is 3.26. The Morgan fingerprint density at radius 2 is 2.11 bits per heavy atom. The van der Waals surface area contributed by atoms with Gasteiger partial charge in [0.1, 0.15) is 15.9 Å². The molecule has 1 aromatic heterocycles. The van der Waals surface area contributed by atoms with Crippen LogP contribution in [-0.2, 0) is 14.8 Å². The van der Waals surface area contributed by atoms with Gasteiger partial charge < -0.3 is 5.73 Å². The number of fused-ring (bicyclic) bond motifs is 1. The first kappa shape index (κ1) is 12.8. The summed E-state index contributed by atoms with van der Waals surface area (Å²) in [6, 6.07) is 4.42. The van der Waals surface area contributed by atoms with Gasteiger partial charge in [0, 0.05) is 0 Å². The first-order valence-electron chi connectivity index (χ1n) is 4.72. The maximum atomic E-state index is 12.1. The molecule has 0 atom stereocenters. The van der Waals surface area contributed by atoms with E-state index in [1.807, 2.05) is 0 Å². The minimum absolute atomic E-state index is 0.126. The van der Waals surface area contributed by atoms with Crippen LogP contribution in [-0.4, -0.2) is 34.0 Å². The van der Waals surface area contributed by atoms with E-state index >= 15 is 0 Å². The summed E-state index contributed by atoms with van der Waals surface area (Å²) in [5.74, 6) is 4.36. The van der Waals surface area contributed by atoms with Gasteiger partial charge in [-0.1, -0.05) is 6.07 Å². The van der Waals surface area contributed by atoms with Crippen LogP contribution in [0, 0.1) is 0 Å². The van der Waals surface area contributed by atoms with Gasteiger partial charge in [-0.2, -0.15) is 21.6 Å². The molecule has 0 aliphatic carbocycles. The van der Waals surface area contributed by atoms with E-state index in [4.69, 9.17) is 11.6 Å². The summed E-state index contributed by atoms with van der Waals surface area (Å²) in [5, 5.41) is 0. The molecule has 18 heavy (non-hydrogen) atoms. The number of nitrogens with two attached hydrogens (primary N) is 2. The lowest BCUT2D eigenvalue weighted by molar-refractivity contribution is -0.125. The van der Waals surface area contributed by atoms with Crippen LogP contribution in [0.25, 0.3) is 11.0 Å². The first-order valence-corrected chi connectivity index (χ1v) is 6.89. The summed E-state index contributed by atoms with van der Waals surface area (Å²) < 4.78 is 32.1. The van der Waals surface area contributed by atoms with Crippen LogP contribution in [0.3, 0.4) is 0 Å². The Morgan fingerprint density at radius 1 is 1.39 bits per heavy atom. The van der Waals surface area contributed by atoms with E-state index in [9.17, 15) is 13.2 Å². The zero-order chi connectivity index (χ0) is 13.3. The van der Waals surface area contributed by atoms with E-state index in [2.05, 4.69) is 8.75 Å². The number of hydrogen-bond acceptors (Lipinski definition) is 8. The fraction of sp³-hybridized carbons (Fsp3) is 0.125. The second-order valence-electron chi connectivity index (χ2n) is 3.29. The van der Waals surface area contributed by atoms with E-state index in [0.29, 0.717) is 5.52 Å². The van der Waals surface area contributed by atoms with E-state index in [1.54, 1.807) is 6.07 Å². The number of sulfonamides is 1. The third kappa shape index (κ3) is 1.95. The molecule has 1 heterocycles. The van der Waals surface area contributed by atoms with Gasteiger partial charge in [-0.05, 0) is 12.1 Å². The molecule has 4 N–H and O–H groups in total. The molecule has 1 amide bonds. The maximum absolute atomic E-state index is 12.1. The van der Waals surface area contributed by atoms with Crippen LogP contribution in [0.4, 0.5) is 0 Å². The summed E-state index contributed by atoms with van der Waals surface area (Å²) in [6.45, 7) is -0.499. The van der Waals surface area contributed by atoms with Crippen molar-refractivity contribution in [3.63, 3.8) is 0 Å². The quantitative estimate of drug-likeness (QED) is 0.422. The molecular weight excluding hydrogens is 278 g/mol. The topological polar surface area (TPSA) is 132 Å². The average molecular weight is 287 g/mol. The van der Waals surface area contributed by atoms with Gasteiger partial charge >= 0.3 is 0 Å². The van der Waals surface area contributed by atoms with Crippen LogP contribution in [0.2, 0.25) is 0 Å². The molecule has 2 rings (SSSR count). The zero-order valence-electron chi connectivity index (χ0n) is 8.98. The molecule has 0 aliphatic heterocycles. The Bertz CT molecular complexity index is 696. The SMILES string of the molecule is NCC(=O)N(N)S(=O)(=O)c1cccc2nsnc12. The largest absolute Gasteiger partial charge is 0.322 e. The van der Waals surface area contributed by atoms with E-state index in [-0.39, 0.29) is 14.8 Å². The van der Waals surface area contributed by atoms with Crippen molar-refractivity contribution in [2.75, 3.05) is 6.54 Å². The van der Waals surface area contributed by atoms with Gasteiger partial charge in [-0.15, -0.1) is 0 Å². The Hall–Kier alpha value is -1.62. The van der Waals surface area contributed by atoms with E-state index < -0.39 is 22.5 Å². The number of hydrogen-bond donors (Lipinski definition) is 2. The lowest BCUT2D eigenvalue weighted by Crippen LogP contribution is -2.45. The van der Waals surface area contributed by atoms with Crippen molar-refractivity contribution < 1.29 is 13.2 Å². The second kappa shape index (κ2) is 4.57. The molecule has 0 aliphatic rings. The predicted molar refractivity (Wildman–Crippen MR) is 64.7 cm³/mol. The van der Waals surface area contributed by atoms with Crippen LogP contribution in [0.5, 0.6) is 0 Å². The average Bonchev–Trinajstić information content (AvgIpc) is 2.84. The van der Waals surface area contributed by atoms with Crippen molar-refractivity contribution in [2.45, 2.75) is 4.90 Å². The fourth-order valence-corrected chi connectivity index (χ4v) is 3.13. The summed E-state index contributed by atoms with van der Waals surface area (Å²) >= 11 is 0.876. The third-order valence-electron chi connectivity index (χ3n) is 2.21. The summed E-state index contributed by atoms with van der Waals surface area (Å²) in [7, 11) is -4.16. The molecule has 96 valence electrons. The van der Waals surface area contributed by atoms with Crippen LogP contribution in [0.15, 0.2) is 23.1 Å². The van der Waals surface area contributed by atoms with Gasteiger partial charge in [0.15, 0.2) is 0 Å². The molecule has 10 heteroatoms. The van der Waals surface area contributed by atoms with Gasteiger partial charge in [0.2, 0.25) is 0 Å². The number of rotatable bonds is 3. The normalized spacial score (nSPS) is 11.7. The highest BCUT2D eigenvalue weighted by Gasteiger charge is 2.28. The molecule has 2 aromatic rings. The lowest BCUT2D eigenvalue weighted by atomic mass is 10.3. The van der Waals surface area contributed by atoms with Crippen LogP contribution >= 0.6 is 11.7 Å². The highest BCUT2D eigenvalue weighted by Crippen LogP contribution is 2.22. The van der Waals surface area contributed by atoms with Crippen molar-refractivity contribution in [1.82, 2.24) is 13.2 Å². The van der Waals surface area contributed by atoms with Gasteiger partial charge in [0.05, 0.1) is 18.3 Å². The number of nitrogens with zero attached hydrogens (tertiary/aromatic N) is 3. The molecule has 8 nitrogen and oxygen atoms in total. The molecule has 0 unspecified atom stereocenters. The van der Waals surface area contributed by atoms with Crippen LogP contribution < -0.4 is 11.6 Å². The van der Waals surface area contributed by atoms with Crippen molar-refractivity contribution in [2.24, 2.45) is 11.6 Å². The molecule has 0 saturated heterocycles. The van der Waals surface area contributed by atoms with Crippen molar-refractivity contribution in [3.05, 3.63) is 18.2 Å². The Morgan fingerprint density at radius 3 is 2.78 bits per heavy atom. The standard InChI is InChI=1S/C8H9N5O3S2/c9-4-7(14)13(10)18(15,16)6-3-1-2-5-8(6)12-17-11-5/h1-3H,4,9-10H2. The Balaban J connectivity index is 2.60. The van der Waals surface area contributed by atoms with E-state index in [0.717, 1.165) is 11.7 Å². The predicted octanol–water partition coefficient (Wildman–Crippen LogP) is -0.959. The number of amides is 1. The lowest BCUT2D eigenvalue weighted by Gasteiger charge is -2.15. The number of benzene rings is 1. The van der Waals surface area contributed by atoms with Crippen LogP contribution in [0.1, 0.15) is 0 Å². The number of carbonyl (C=O) groups is 1. The third-order valence-corrected chi connectivity index (χ3v) is 4.36. The summed E-state index contributed by atoms with van der Waals surface area (Å²) in [5.41, 5.74) is 5.69. The second-order valence-corrected chi connectivity index (χ2v) is 5.60. The minimum atomic E-state index is -4.16. The molecule has 0 bridgehead atoms. The molecule has 0 radical (unpaired) electrons. The molecule has 0 fully saturated rings. The first-order chi connectivity index (χ1) is 8.48. The zero-order valence-corrected chi connectivity index (χ0v) is 10.6. The maximum Gasteiger partial charge on any atom is 0.282 e. The number of carbonyl (C=O) groups excluding carboxylic acids is 1. The van der Waals surface area contributed by atoms with Gasteiger partial charge in [-0.25, -0.2) is 5.84 Å². The summed E-state index contributed by atoms with van der Waals surface area (Å²) in [6.07, 6.45) is 0. The minimum Gasteiger partial charge on any atom is -0.322 e. The Labute approximate surface area is 107 Å². The van der Waals surface area contributed by atoms with Crippen molar-refractivity contribution in [1.29, 1.82) is 0 Å². The molecule has 0 saturated carbocycles. The van der Waals surface area contributed by atoms with Crippen molar-refractivity contribution in [3.8, 4) is 0 Å². The fourth-order valence-electron chi connectivity index (χ4n) is 1.32. The molecule has 0 spiro atoms. The highest BCUT2D eigenvalue weighted by atomic mass is 32.2. The monoisotopic (exact) mass is 287 g/mol. The number of hydrazine groups is 1. The molecule has 1 aromatic carbocycles. The van der Waals surface area contributed by atoms with Crippen molar-refractivity contribution >= 4 is 38.7 Å². The summed E-state index contributed by atoms with van der Waals surface area (Å²) in [4.78, 5) is 11.1.